The Bertz CT molecular complexity index is 631. The third-order valence-corrected chi connectivity index (χ3v) is 5.87. The van der Waals surface area contributed by atoms with Crippen molar-refractivity contribution >= 4 is 11.9 Å². The van der Waals surface area contributed by atoms with Crippen molar-refractivity contribution in [1.29, 1.82) is 0 Å². The molecule has 0 saturated heterocycles. The molecular weight excluding hydrogens is 380 g/mol. The first-order valence-electron chi connectivity index (χ1n) is 11.5. The first-order chi connectivity index (χ1) is 14.5. The highest BCUT2D eigenvalue weighted by molar-refractivity contribution is 5.72. The number of ether oxygens (including phenoxy) is 3. The lowest BCUT2D eigenvalue weighted by Crippen LogP contribution is -2.24. The molecule has 2 rings (SSSR count). The van der Waals surface area contributed by atoms with Crippen LogP contribution in [-0.4, -0.2) is 31.3 Å². The summed E-state index contributed by atoms with van der Waals surface area (Å²) in [5.74, 6) is 0.967. The summed E-state index contributed by atoms with van der Waals surface area (Å²) in [5.41, 5.74) is 1.32. The Morgan fingerprint density at radius 2 is 1.63 bits per heavy atom. The number of methoxy groups -OCH3 is 1. The highest BCUT2D eigenvalue weighted by Crippen LogP contribution is 2.34. The van der Waals surface area contributed by atoms with Crippen LogP contribution in [0.15, 0.2) is 24.3 Å². The predicted octanol–water partition coefficient (Wildman–Crippen LogP) is 5.95. The molecule has 1 aliphatic carbocycles. The van der Waals surface area contributed by atoms with Crippen LogP contribution in [-0.2, 0) is 19.1 Å². The molecule has 0 N–H and O–H groups in total. The first-order valence-corrected chi connectivity index (χ1v) is 11.5. The fourth-order valence-corrected chi connectivity index (χ4v) is 4.04. The van der Waals surface area contributed by atoms with Gasteiger partial charge < -0.3 is 14.2 Å². The first kappa shape index (κ1) is 24.2. The zero-order valence-corrected chi connectivity index (χ0v) is 18.9. The molecule has 1 aliphatic rings. The molecule has 30 heavy (non-hydrogen) atoms. The summed E-state index contributed by atoms with van der Waals surface area (Å²) in [6, 6.07) is 8.25. The molecule has 0 bridgehead atoms. The van der Waals surface area contributed by atoms with Gasteiger partial charge in [-0.1, -0.05) is 31.9 Å². The van der Waals surface area contributed by atoms with Crippen molar-refractivity contribution in [2.75, 3.05) is 7.11 Å². The van der Waals surface area contributed by atoms with Crippen LogP contribution in [0.4, 0.5) is 0 Å². The van der Waals surface area contributed by atoms with Gasteiger partial charge in [0.2, 0.25) is 0 Å². The monoisotopic (exact) mass is 418 g/mol. The summed E-state index contributed by atoms with van der Waals surface area (Å²) in [6.07, 6.45) is 9.11. The van der Waals surface area contributed by atoms with Crippen LogP contribution in [0.25, 0.3) is 0 Å². The Kier molecular flexibility index (Phi) is 10.7. The SMILES string of the molecule is CCCCCC(C)OC(=O)CCCC(=O)OC1CCC(c2ccc(OC)cc2)CC1. The van der Waals surface area contributed by atoms with Gasteiger partial charge in [0, 0.05) is 12.8 Å². The summed E-state index contributed by atoms with van der Waals surface area (Å²) in [4.78, 5) is 24.0. The van der Waals surface area contributed by atoms with Crippen LogP contribution >= 0.6 is 0 Å². The maximum absolute atomic E-state index is 12.1. The van der Waals surface area contributed by atoms with E-state index in [0.717, 1.165) is 57.1 Å². The average molecular weight is 419 g/mol. The van der Waals surface area contributed by atoms with Crippen LogP contribution in [0.1, 0.15) is 96.0 Å². The normalized spacial score (nSPS) is 19.7. The number of esters is 2. The lowest BCUT2D eigenvalue weighted by Gasteiger charge is -2.28. The molecule has 0 amide bonds. The molecule has 0 radical (unpaired) electrons. The molecule has 1 aromatic rings. The van der Waals surface area contributed by atoms with Gasteiger partial charge in [0.1, 0.15) is 11.9 Å². The van der Waals surface area contributed by atoms with E-state index in [4.69, 9.17) is 14.2 Å². The summed E-state index contributed by atoms with van der Waals surface area (Å²) < 4.78 is 16.2. The third-order valence-electron chi connectivity index (χ3n) is 5.87. The van der Waals surface area contributed by atoms with Gasteiger partial charge in [0.15, 0.2) is 0 Å². The average Bonchev–Trinajstić information content (AvgIpc) is 2.74. The smallest absolute Gasteiger partial charge is 0.306 e. The number of hydrogen-bond acceptors (Lipinski definition) is 5. The van der Waals surface area contributed by atoms with E-state index in [9.17, 15) is 9.59 Å². The van der Waals surface area contributed by atoms with Crippen LogP contribution in [0.5, 0.6) is 5.75 Å². The molecule has 1 aromatic carbocycles. The van der Waals surface area contributed by atoms with Gasteiger partial charge in [-0.25, -0.2) is 0 Å². The highest BCUT2D eigenvalue weighted by atomic mass is 16.5. The quantitative estimate of drug-likeness (QED) is 0.310. The van der Waals surface area contributed by atoms with Gasteiger partial charge >= 0.3 is 11.9 Å². The van der Waals surface area contributed by atoms with Crippen LogP contribution in [0.3, 0.4) is 0 Å². The van der Waals surface area contributed by atoms with Crippen molar-refractivity contribution < 1.29 is 23.8 Å². The Balaban J connectivity index is 1.59. The van der Waals surface area contributed by atoms with Crippen molar-refractivity contribution in [3.8, 4) is 5.75 Å². The Hall–Kier alpha value is -2.04. The molecule has 1 unspecified atom stereocenters. The Labute approximate surface area is 181 Å². The Morgan fingerprint density at radius 1 is 0.967 bits per heavy atom. The molecule has 1 atom stereocenters. The lowest BCUT2D eigenvalue weighted by atomic mass is 9.83. The van der Waals surface area contributed by atoms with Crippen molar-refractivity contribution in [2.45, 2.75) is 103 Å². The molecule has 5 heteroatoms. The van der Waals surface area contributed by atoms with E-state index < -0.39 is 0 Å². The predicted molar refractivity (Wildman–Crippen MR) is 118 cm³/mol. The topological polar surface area (TPSA) is 61.8 Å². The summed E-state index contributed by atoms with van der Waals surface area (Å²) in [7, 11) is 1.67. The second kappa shape index (κ2) is 13.3. The molecule has 0 aromatic heterocycles. The van der Waals surface area contributed by atoms with E-state index in [1.165, 1.54) is 5.56 Å². The largest absolute Gasteiger partial charge is 0.497 e. The number of carbonyl (C=O) groups is 2. The van der Waals surface area contributed by atoms with Crippen LogP contribution in [0.2, 0.25) is 0 Å². The zero-order valence-electron chi connectivity index (χ0n) is 18.9. The summed E-state index contributed by atoms with van der Waals surface area (Å²) in [5, 5.41) is 0. The van der Waals surface area contributed by atoms with Gasteiger partial charge in [-0.15, -0.1) is 0 Å². The van der Waals surface area contributed by atoms with Crippen LogP contribution in [0, 0.1) is 0 Å². The third kappa shape index (κ3) is 8.76. The van der Waals surface area contributed by atoms with Gasteiger partial charge in [-0.05, 0) is 75.5 Å². The van der Waals surface area contributed by atoms with Crippen molar-refractivity contribution in [3.05, 3.63) is 29.8 Å². The molecule has 168 valence electrons. The minimum absolute atomic E-state index is 0.00228. The van der Waals surface area contributed by atoms with Gasteiger partial charge in [0.25, 0.3) is 0 Å². The fraction of sp³-hybridized carbons (Fsp3) is 0.680. The van der Waals surface area contributed by atoms with E-state index in [1.54, 1.807) is 7.11 Å². The molecule has 1 saturated carbocycles. The second-order valence-electron chi connectivity index (χ2n) is 8.39. The van der Waals surface area contributed by atoms with E-state index in [2.05, 4.69) is 19.1 Å². The molecular formula is C25H38O5. The minimum Gasteiger partial charge on any atom is -0.497 e. The number of benzene rings is 1. The van der Waals surface area contributed by atoms with E-state index in [1.807, 2.05) is 19.1 Å². The van der Waals surface area contributed by atoms with E-state index in [0.29, 0.717) is 12.3 Å². The molecule has 5 nitrogen and oxygen atoms in total. The van der Waals surface area contributed by atoms with Gasteiger partial charge in [-0.2, -0.15) is 0 Å². The summed E-state index contributed by atoms with van der Waals surface area (Å²) >= 11 is 0. The fourth-order valence-electron chi connectivity index (χ4n) is 4.04. The molecule has 0 spiro atoms. The van der Waals surface area contributed by atoms with Crippen molar-refractivity contribution in [2.24, 2.45) is 0 Å². The highest BCUT2D eigenvalue weighted by Gasteiger charge is 2.25. The number of rotatable bonds is 12. The maximum Gasteiger partial charge on any atom is 0.306 e. The molecule has 0 aliphatic heterocycles. The molecule has 0 heterocycles. The Morgan fingerprint density at radius 3 is 2.27 bits per heavy atom. The number of hydrogen-bond donors (Lipinski definition) is 0. The number of unbranched alkanes of at least 4 members (excludes halogenated alkanes) is 2. The van der Waals surface area contributed by atoms with E-state index >= 15 is 0 Å². The van der Waals surface area contributed by atoms with Crippen LogP contribution < -0.4 is 4.74 Å². The number of carbonyl (C=O) groups excluding carboxylic acids is 2. The van der Waals surface area contributed by atoms with E-state index in [-0.39, 0.29) is 37.0 Å². The standard InChI is InChI=1S/C25H38O5/c1-4-5-6-8-19(2)29-24(26)9-7-10-25(27)30-23-17-13-21(14-18-23)20-11-15-22(28-3)16-12-20/h11-12,15-16,19,21,23H,4-10,13-14,17-18H2,1-3H3. The van der Waals surface area contributed by atoms with Crippen molar-refractivity contribution in [1.82, 2.24) is 0 Å². The minimum atomic E-state index is -0.216. The maximum atomic E-state index is 12.1. The zero-order chi connectivity index (χ0) is 21.8. The van der Waals surface area contributed by atoms with Crippen molar-refractivity contribution in [3.63, 3.8) is 0 Å². The lowest BCUT2D eigenvalue weighted by molar-refractivity contribution is -0.151. The second-order valence-corrected chi connectivity index (χ2v) is 8.39. The van der Waals surface area contributed by atoms with Gasteiger partial charge in [-0.3, -0.25) is 9.59 Å². The molecule has 1 fully saturated rings. The van der Waals surface area contributed by atoms with Gasteiger partial charge in [0.05, 0.1) is 13.2 Å². The summed E-state index contributed by atoms with van der Waals surface area (Å²) in [6.45, 7) is 4.09.